The van der Waals surface area contributed by atoms with Gasteiger partial charge >= 0.3 is 5.97 Å². The van der Waals surface area contributed by atoms with Gasteiger partial charge in [-0.3, -0.25) is 9.59 Å². The zero-order valence-corrected chi connectivity index (χ0v) is 17.1. The van der Waals surface area contributed by atoms with Gasteiger partial charge in [-0.2, -0.15) is 4.99 Å². The second kappa shape index (κ2) is 8.57. The zero-order chi connectivity index (χ0) is 18.5. The Balaban J connectivity index is 1.99. The molecule has 26 heavy (non-hydrogen) atoms. The lowest BCUT2D eigenvalue weighted by atomic mass is 10.3. The number of benzene rings is 1. The maximum Gasteiger partial charge on any atom is 0.326 e. The van der Waals surface area contributed by atoms with Crippen molar-refractivity contribution >= 4 is 66.8 Å². The number of aromatic nitrogens is 1. The molecule has 0 unspecified atom stereocenters. The number of amides is 1. The van der Waals surface area contributed by atoms with Gasteiger partial charge in [0.1, 0.15) is 6.54 Å². The second-order valence-electron chi connectivity index (χ2n) is 5.19. The van der Waals surface area contributed by atoms with Crippen LogP contribution < -0.4 is 4.80 Å². The van der Waals surface area contributed by atoms with Crippen LogP contribution in [0.15, 0.2) is 51.3 Å². The fourth-order valence-electron chi connectivity index (χ4n) is 2.29. The second-order valence-corrected chi connectivity index (χ2v) is 8.09. The Hall–Kier alpha value is -2.03. The van der Waals surface area contributed by atoms with Crippen molar-refractivity contribution < 1.29 is 14.3 Å². The highest BCUT2D eigenvalue weighted by atomic mass is 79.9. The summed E-state index contributed by atoms with van der Waals surface area (Å²) in [5.41, 5.74) is 0.833. The molecular formula is C18H15BrN2O3S2. The van der Waals surface area contributed by atoms with E-state index < -0.39 is 0 Å². The topological polar surface area (TPSA) is 60.7 Å². The van der Waals surface area contributed by atoms with Gasteiger partial charge < -0.3 is 9.30 Å². The molecule has 0 spiro atoms. The summed E-state index contributed by atoms with van der Waals surface area (Å²) in [4.78, 5) is 29.8. The van der Waals surface area contributed by atoms with Gasteiger partial charge in [0.2, 0.25) is 0 Å². The number of thiazole rings is 1. The highest BCUT2D eigenvalue weighted by Gasteiger charge is 2.12. The highest BCUT2D eigenvalue weighted by Crippen LogP contribution is 2.22. The van der Waals surface area contributed by atoms with Crippen molar-refractivity contribution in [2.75, 3.05) is 6.61 Å². The molecule has 134 valence electrons. The fourth-order valence-corrected chi connectivity index (χ4v) is 4.50. The minimum Gasteiger partial charge on any atom is -0.465 e. The third-order valence-electron chi connectivity index (χ3n) is 3.38. The smallest absolute Gasteiger partial charge is 0.326 e. The summed E-state index contributed by atoms with van der Waals surface area (Å²) in [6, 6.07) is 9.56. The summed E-state index contributed by atoms with van der Waals surface area (Å²) in [6.45, 7) is 2.08. The lowest BCUT2D eigenvalue weighted by Crippen LogP contribution is -2.22. The minimum absolute atomic E-state index is 0.0101. The van der Waals surface area contributed by atoms with E-state index >= 15 is 0 Å². The Kier molecular flexibility index (Phi) is 6.18. The van der Waals surface area contributed by atoms with Gasteiger partial charge in [0.25, 0.3) is 5.91 Å². The summed E-state index contributed by atoms with van der Waals surface area (Å²) in [7, 11) is 0. The van der Waals surface area contributed by atoms with Crippen molar-refractivity contribution in [3.05, 3.63) is 55.9 Å². The van der Waals surface area contributed by atoms with Gasteiger partial charge in [-0.25, -0.2) is 0 Å². The van der Waals surface area contributed by atoms with E-state index in [0.29, 0.717) is 11.4 Å². The Bertz CT molecular complexity index is 1030. The van der Waals surface area contributed by atoms with Crippen LogP contribution in [-0.2, 0) is 20.9 Å². The minimum atomic E-state index is -0.373. The number of rotatable bonds is 5. The lowest BCUT2D eigenvalue weighted by molar-refractivity contribution is -0.143. The van der Waals surface area contributed by atoms with E-state index in [9.17, 15) is 9.59 Å². The van der Waals surface area contributed by atoms with E-state index in [1.54, 1.807) is 28.9 Å². The van der Waals surface area contributed by atoms with Crippen molar-refractivity contribution in [2.45, 2.75) is 13.5 Å². The molecule has 0 aliphatic rings. The first-order valence-electron chi connectivity index (χ1n) is 7.81. The molecule has 0 fully saturated rings. The lowest BCUT2D eigenvalue weighted by Gasteiger charge is -2.04. The molecule has 0 bridgehead atoms. The molecular weight excluding hydrogens is 436 g/mol. The van der Waals surface area contributed by atoms with Crippen LogP contribution >= 0.6 is 38.6 Å². The van der Waals surface area contributed by atoms with Gasteiger partial charge in [-0.05, 0) is 42.6 Å². The van der Waals surface area contributed by atoms with Gasteiger partial charge in [0.15, 0.2) is 4.80 Å². The van der Waals surface area contributed by atoms with Crippen LogP contribution in [0.4, 0.5) is 0 Å². The van der Waals surface area contributed by atoms with Crippen molar-refractivity contribution in [3.8, 4) is 0 Å². The molecule has 1 amide bonds. The molecule has 0 aliphatic heterocycles. The number of carbonyl (C=O) groups excluding carboxylic acids is 2. The van der Waals surface area contributed by atoms with E-state index in [1.165, 1.54) is 17.4 Å². The molecule has 0 N–H and O–H groups in total. The first-order chi connectivity index (χ1) is 12.6. The largest absolute Gasteiger partial charge is 0.465 e. The molecule has 0 atom stereocenters. The summed E-state index contributed by atoms with van der Waals surface area (Å²) >= 11 is 6.34. The van der Waals surface area contributed by atoms with Crippen molar-refractivity contribution in [3.63, 3.8) is 0 Å². The van der Waals surface area contributed by atoms with E-state index in [-0.39, 0.29) is 18.4 Å². The number of hydrogen-bond donors (Lipinski definition) is 0. The molecule has 8 heteroatoms. The molecule has 3 rings (SSSR count). The highest BCUT2D eigenvalue weighted by molar-refractivity contribution is 9.10. The summed E-state index contributed by atoms with van der Waals surface area (Å²) in [6.07, 6.45) is 3.16. The number of halogens is 1. The molecule has 5 nitrogen and oxygen atoms in total. The van der Waals surface area contributed by atoms with Crippen LogP contribution in [0.25, 0.3) is 16.3 Å². The van der Waals surface area contributed by atoms with Gasteiger partial charge in [0, 0.05) is 15.4 Å². The van der Waals surface area contributed by atoms with E-state index in [4.69, 9.17) is 4.74 Å². The maximum absolute atomic E-state index is 12.2. The molecule has 0 saturated carbocycles. The van der Waals surface area contributed by atoms with E-state index in [1.807, 2.05) is 35.7 Å². The van der Waals surface area contributed by atoms with E-state index in [2.05, 4.69) is 20.9 Å². The quantitative estimate of drug-likeness (QED) is 0.431. The first kappa shape index (κ1) is 18.8. The van der Waals surface area contributed by atoms with Crippen LogP contribution in [0, 0.1) is 0 Å². The number of nitrogens with zero attached hydrogens (tertiary/aromatic N) is 2. The van der Waals surface area contributed by atoms with Gasteiger partial charge in [-0.1, -0.05) is 33.3 Å². The Morgan fingerprint density at radius 3 is 2.92 bits per heavy atom. The monoisotopic (exact) mass is 450 g/mol. The predicted molar refractivity (Wildman–Crippen MR) is 108 cm³/mol. The molecule has 0 radical (unpaired) electrons. The van der Waals surface area contributed by atoms with Gasteiger partial charge in [0.05, 0.1) is 16.8 Å². The first-order valence-corrected chi connectivity index (χ1v) is 10.3. The number of fused-ring (bicyclic) bond motifs is 1. The zero-order valence-electron chi connectivity index (χ0n) is 13.8. The SMILES string of the molecule is CCOC(=O)Cn1c(=NC(=O)/C=C/c2cccs2)sc2cc(Br)ccc21. The Labute approximate surface area is 166 Å². The number of thiophene rings is 1. The Morgan fingerprint density at radius 2 is 2.19 bits per heavy atom. The molecule has 0 aliphatic carbocycles. The molecule has 3 aromatic rings. The summed E-state index contributed by atoms with van der Waals surface area (Å²) in [5, 5.41) is 1.94. The molecule has 0 saturated heterocycles. The fraction of sp³-hybridized carbons (Fsp3) is 0.167. The number of carbonyl (C=O) groups is 2. The third kappa shape index (κ3) is 4.57. The average molecular weight is 451 g/mol. The Morgan fingerprint density at radius 1 is 1.35 bits per heavy atom. The van der Waals surface area contributed by atoms with Crippen molar-refractivity contribution in [1.29, 1.82) is 0 Å². The van der Waals surface area contributed by atoms with Crippen molar-refractivity contribution in [2.24, 2.45) is 4.99 Å². The molecule has 2 aromatic heterocycles. The van der Waals surface area contributed by atoms with Crippen LogP contribution in [0.3, 0.4) is 0 Å². The average Bonchev–Trinajstić information content (AvgIpc) is 3.22. The number of ether oxygens (including phenoxy) is 1. The maximum atomic E-state index is 12.2. The van der Waals surface area contributed by atoms with Gasteiger partial charge in [-0.15, -0.1) is 11.3 Å². The molecule has 1 aromatic carbocycles. The number of esters is 1. The summed E-state index contributed by atoms with van der Waals surface area (Å²) in [5.74, 6) is -0.736. The number of hydrogen-bond acceptors (Lipinski definition) is 5. The normalized spacial score (nSPS) is 12.2. The van der Waals surface area contributed by atoms with E-state index in [0.717, 1.165) is 19.6 Å². The third-order valence-corrected chi connectivity index (χ3v) is 5.75. The van der Waals surface area contributed by atoms with Crippen LogP contribution in [-0.4, -0.2) is 23.1 Å². The standard InChI is InChI=1S/C18H15BrN2O3S2/c1-2-24-17(23)11-21-14-7-5-12(19)10-15(14)26-18(21)20-16(22)8-6-13-4-3-9-25-13/h3-10H,2,11H2,1H3/b8-6+,20-18?. The summed E-state index contributed by atoms with van der Waals surface area (Å²) < 4.78 is 8.60. The van der Waals surface area contributed by atoms with Crippen molar-refractivity contribution in [1.82, 2.24) is 4.57 Å². The van der Waals surface area contributed by atoms with Crippen LogP contribution in [0.1, 0.15) is 11.8 Å². The molecule has 2 heterocycles. The predicted octanol–water partition coefficient (Wildman–Crippen LogP) is 4.23. The van der Waals surface area contributed by atoms with Crippen LogP contribution in [0.2, 0.25) is 0 Å². The van der Waals surface area contributed by atoms with Crippen LogP contribution in [0.5, 0.6) is 0 Å².